The molecule has 0 bridgehead atoms. The van der Waals surface area contributed by atoms with Crippen molar-refractivity contribution >= 4 is 45.7 Å². The van der Waals surface area contributed by atoms with Crippen molar-refractivity contribution in [3.8, 4) is 5.75 Å². The molecule has 9 heteroatoms. The Labute approximate surface area is 160 Å². The number of amides is 3. The second-order valence-corrected chi connectivity index (χ2v) is 7.19. The van der Waals surface area contributed by atoms with E-state index in [1.807, 2.05) is 5.38 Å². The van der Waals surface area contributed by atoms with Crippen LogP contribution in [0.15, 0.2) is 29.8 Å². The Bertz CT molecular complexity index is 776. The number of aromatic nitrogens is 1. The van der Waals surface area contributed by atoms with Crippen LogP contribution in [0.1, 0.15) is 12.8 Å². The number of nitrogens with zero attached hydrogens (tertiary/aromatic N) is 2. The number of hydrogen-bond donors (Lipinski definition) is 2. The average molecular weight is 395 g/mol. The van der Waals surface area contributed by atoms with Crippen molar-refractivity contribution in [2.24, 2.45) is 5.92 Å². The lowest BCUT2D eigenvalue weighted by Crippen LogP contribution is -2.43. The van der Waals surface area contributed by atoms with Crippen LogP contribution >= 0.6 is 22.9 Å². The zero-order valence-electron chi connectivity index (χ0n) is 14.2. The average Bonchev–Trinajstić information content (AvgIpc) is 3.15. The monoisotopic (exact) mass is 394 g/mol. The van der Waals surface area contributed by atoms with E-state index in [0.29, 0.717) is 47.5 Å². The van der Waals surface area contributed by atoms with Crippen LogP contribution in [-0.2, 0) is 4.79 Å². The zero-order chi connectivity index (χ0) is 18.5. The highest BCUT2D eigenvalue weighted by atomic mass is 35.5. The number of nitrogens with one attached hydrogen (secondary N) is 2. The summed E-state index contributed by atoms with van der Waals surface area (Å²) in [7, 11) is 1.53. The fourth-order valence-corrected chi connectivity index (χ4v) is 3.51. The van der Waals surface area contributed by atoms with Crippen molar-refractivity contribution in [1.29, 1.82) is 0 Å². The number of benzene rings is 1. The summed E-state index contributed by atoms with van der Waals surface area (Å²) >= 11 is 7.37. The molecular formula is C17H19ClN4O3S. The van der Waals surface area contributed by atoms with Crippen LogP contribution in [0.3, 0.4) is 0 Å². The number of hydrogen-bond acceptors (Lipinski definition) is 5. The molecule has 1 saturated heterocycles. The van der Waals surface area contributed by atoms with Gasteiger partial charge in [0.1, 0.15) is 5.75 Å². The normalized spacial score (nSPS) is 14.8. The second kappa shape index (κ2) is 8.37. The minimum Gasteiger partial charge on any atom is -0.495 e. The third-order valence-electron chi connectivity index (χ3n) is 4.22. The number of piperidine rings is 1. The summed E-state index contributed by atoms with van der Waals surface area (Å²) in [5, 5.41) is 8.56. The number of rotatable bonds is 4. The number of methoxy groups -OCH3 is 1. The lowest BCUT2D eigenvalue weighted by Gasteiger charge is -2.31. The summed E-state index contributed by atoms with van der Waals surface area (Å²) in [4.78, 5) is 30.5. The highest BCUT2D eigenvalue weighted by Crippen LogP contribution is 2.28. The van der Waals surface area contributed by atoms with E-state index in [4.69, 9.17) is 16.3 Å². The first-order valence-electron chi connectivity index (χ1n) is 8.16. The first-order chi connectivity index (χ1) is 12.6. The van der Waals surface area contributed by atoms with Crippen molar-refractivity contribution in [1.82, 2.24) is 9.88 Å². The number of ether oxygens (including phenoxy) is 1. The van der Waals surface area contributed by atoms with Gasteiger partial charge in [0.05, 0.1) is 12.8 Å². The van der Waals surface area contributed by atoms with Crippen molar-refractivity contribution in [2.45, 2.75) is 12.8 Å². The highest BCUT2D eigenvalue weighted by Gasteiger charge is 2.28. The molecule has 1 fully saturated rings. The lowest BCUT2D eigenvalue weighted by atomic mass is 9.96. The van der Waals surface area contributed by atoms with E-state index >= 15 is 0 Å². The number of carbonyl (C=O) groups is 2. The topological polar surface area (TPSA) is 83.6 Å². The van der Waals surface area contributed by atoms with E-state index < -0.39 is 0 Å². The molecule has 1 aromatic carbocycles. The van der Waals surface area contributed by atoms with Crippen molar-refractivity contribution in [2.75, 3.05) is 30.8 Å². The fraction of sp³-hybridized carbons (Fsp3) is 0.353. The number of urea groups is 1. The van der Waals surface area contributed by atoms with E-state index in [2.05, 4.69) is 15.6 Å². The third kappa shape index (κ3) is 4.44. The lowest BCUT2D eigenvalue weighted by molar-refractivity contribution is -0.121. The molecule has 7 nitrogen and oxygen atoms in total. The molecule has 0 radical (unpaired) electrons. The predicted octanol–water partition coefficient (Wildman–Crippen LogP) is 3.69. The Morgan fingerprint density at radius 2 is 2.08 bits per heavy atom. The van der Waals surface area contributed by atoms with Crippen LogP contribution in [0.4, 0.5) is 15.6 Å². The molecule has 1 aliphatic rings. The quantitative estimate of drug-likeness (QED) is 0.828. The molecule has 3 amide bonds. The minimum absolute atomic E-state index is 0.0449. The molecule has 0 aliphatic carbocycles. The van der Waals surface area contributed by atoms with Gasteiger partial charge in [-0.2, -0.15) is 0 Å². The Kier molecular flexibility index (Phi) is 5.95. The molecule has 26 heavy (non-hydrogen) atoms. The van der Waals surface area contributed by atoms with E-state index in [-0.39, 0.29) is 17.9 Å². The van der Waals surface area contributed by atoms with Gasteiger partial charge in [-0.1, -0.05) is 11.6 Å². The maximum absolute atomic E-state index is 12.5. The summed E-state index contributed by atoms with van der Waals surface area (Å²) in [5.74, 6) is 0.376. The molecule has 0 spiro atoms. The summed E-state index contributed by atoms with van der Waals surface area (Å²) in [6.07, 6.45) is 2.87. The van der Waals surface area contributed by atoms with Gasteiger partial charge >= 0.3 is 6.03 Å². The maximum Gasteiger partial charge on any atom is 0.321 e. The largest absolute Gasteiger partial charge is 0.495 e. The Morgan fingerprint density at radius 1 is 1.31 bits per heavy atom. The maximum atomic E-state index is 12.5. The van der Waals surface area contributed by atoms with Gasteiger partial charge in [0, 0.05) is 35.6 Å². The first-order valence-corrected chi connectivity index (χ1v) is 9.42. The highest BCUT2D eigenvalue weighted by molar-refractivity contribution is 7.13. The van der Waals surface area contributed by atoms with Gasteiger partial charge in [-0.05, 0) is 31.0 Å². The molecule has 1 aliphatic heterocycles. The van der Waals surface area contributed by atoms with Crippen LogP contribution in [-0.4, -0.2) is 42.0 Å². The Balaban J connectivity index is 1.54. The third-order valence-corrected chi connectivity index (χ3v) is 5.14. The number of likely N-dealkylation sites (tertiary alicyclic amines) is 1. The zero-order valence-corrected chi connectivity index (χ0v) is 15.8. The van der Waals surface area contributed by atoms with Crippen molar-refractivity contribution < 1.29 is 14.3 Å². The molecule has 1 aromatic heterocycles. The first kappa shape index (κ1) is 18.5. The van der Waals surface area contributed by atoms with E-state index in [1.165, 1.54) is 18.4 Å². The van der Waals surface area contributed by atoms with Gasteiger partial charge in [0.2, 0.25) is 5.91 Å². The molecule has 3 rings (SSSR count). The van der Waals surface area contributed by atoms with Gasteiger partial charge < -0.3 is 20.3 Å². The summed E-state index contributed by atoms with van der Waals surface area (Å²) < 4.78 is 5.24. The van der Waals surface area contributed by atoms with Gasteiger partial charge in [-0.15, -0.1) is 11.3 Å². The predicted molar refractivity (Wildman–Crippen MR) is 102 cm³/mol. The van der Waals surface area contributed by atoms with Crippen molar-refractivity contribution in [3.05, 3.63) is 34.8 Å². The van der Waals surface area contributed by atoms with Crippen LogP contribution in [0.25, 0.3) is 0 Å². The molecule has 2 aromatic rings. The van der Waals surface area contributed by atoms with Crippen LogP contribution in [0, 0.1) is 5.92 Å². The molecule has 0 unspecified atom stereocenters. The van der Waals surface area contributed by atoms with Gasteiger partial charge in [0.25, 0.3) is 0 Å². The van der Waals surface area contributed by atoms with E-state index in [9.17, 15) is 9.59 Å². The summed E-state index contributed by atoms with van der Waals surface area (Å²) in [6.45, 7) is 1.01. The Hall–Kier alpha value is -2.32. The SMILES string of the molecule is COc1ccc(Cl)cc1NC(=O)N1CCC(C(=O)Nc2nccs2)CC1. The van der Waals surface area contributed by atoms with Gasteiger partial charge in [-0.25, -0.2) is 9.78 Å². The van der Waals surface area contributed by atoms with Gasteiger partial charge in [-0.3, -0.25) is 4.79 Å². The molecule has 2 heterocycles. The fourth-order valence-electron chi connectivity index (χ4n) is 2.81. The molecule has 138 valence electrons. The molecular weight excluding hydrogens is 376 g/mol. The Morgan fingerprint density at radius 3 is 2.73 bits per heavy atom. The van der Waals surface area contributed by atoms with E-state index in [1.54, 1.807) is 29.3 Å². The molecule has 0 saturated carbocycles. The number of thiazole rings is 1. The smallest absolute Gasteiger partial charge is 0.321 e. The van der Waals surface area contributed by atoms with Crippen LogP contribution < -0.4 is 15.4 Å². The summed E-state index contributed by atoms with van der Waals surface area (Å²) in [6, 6.07) is 4.81. The number of carbonyl (C=O) groups excluding carboxylic acids is 2. The van der Waals surface area contributed by atoms with Crippen LogP contribution in [0.2, 0.25) is 5.02 Å². The minimum atomic E-state index is -0.232. The van der Waals surface area contributed by atoms with Crippen molar-refractivity contribution in [3.63, 3.8) is 0 Å². The number of halogens is 1. The standard InChI is InChI=1S/C17H19ClN4O3S/c1-25-14-3-2-12(18)10-13(14)20-17(24)22-7-4-11(5-8-22)15(23)21-16-19-6-9-26-16/h2-3,6,9-11H,4-5,7-8H2,1H3,(H,20,24)(H,19,21,23). The summed E-state index contributed by atoms with van der Waals surface area (Å²) in [5.41, 5.74) is 0.522. The van der Waals surface area contributed by atoms with Crippen LogP contribution in [0.5, 0.6) is 5.75 Å². The van der Waals surface area contributed by atoms with Gasteiger partial charge in [0.15, 0.2) is 5.13 Å². The van der Waals surface area contributed by atoms with E-state index in [0.717, 1.165) is 0 Å². The second-order valence-electron chi connectivity index (χ2n) is 5.86. The number of anilines is 2. The molecule has 2 N–H and O–H groups in total. The molecule has 0 atom stereocenters.